The molecule has 1 atom stereocenters. The summed E-state index contributed by atoms with van der Waals surface area (Å²) in [6.07, 6.45) is 1.08. The Morgan fingerprint density at radius 2 is 1.97 bits per heavy atom. The van der Waals surface area contributed by atoms with Gasteiger partial charge in [-0.25, -0.2) is 8.42 Å². The van der Waals surface area contributed by atoms with Gasteiger partial charge < -0.3 is 9.84 Å². The molecule has 29 heavy (non-hydrogen) atoms. The van der Waals surface area contributed by atoms with Crippen molar-refractivity contribution in [1.82, 2.24) is 15.5 Å². The van der Waals surface area contributed by atoms with Gasteiger partial charge in [-0.05, 0) is 55.5 Å². The fourth-order valence-electron chi connectivity index (χ4n) is 3.03. The Morgan fingerprint density at radius 1 is 1.28 bits per heavy atom. The van der Waals surface area contributed by atoms with Crippen LogP contribution >= 0.6 is 11.3 Å². The lowest BCUT2D eigenvalue weighted by Crippen LogP contribution is -2.47. The number of sulfonamides is 1. The molecular weight excluding hydrogens is 412 g/mol. The molecule has 2 heterocycles. The second kappa shape index (κ2) is 8.34. The van der Waals surface area contributed by atoms with Crippen LogP contribution in [0, 0.1) is 13.8 Å². The monoisotopic (exact) mass is 434 g/mol. The second-order valence-electron chi connectivity index (χ2n) is 6.79. The lowest BCUT2D eigenvalue weighted by atomic mass is 10.1. The molecule has 0 fully saturated rings. The lowest BCUT2D eigenvalue weighted by Gasteiger charge is -2.28. The van der Waals surface area contributed by atoms with Gasteiger partial charge in [-0.2, -0.15) is 4.98 Å². The standard InChI is InChI=1S/C19H22N4O4S2/c1-12-8-13(2)10-15(9-12)23(29(4,25)26)14(3)19(24)20-11-17-21-18(22-27-17)16-6-5-7-28-16/h5-10,14H,11H2,1-4H3,(H,20,24). The van der Waals surface area contributed by atoms with Gasteiger partial charge in [0.1, 0.15) is 6.04 Å². The molecule has 3 rings (SSSR count). The first kappa shape index (κ1) is 21.0. The van der Waals surface area contributed by atoms with Crippen molar-refractivity contribution in [2.75, 3.05) is 10.6 Å². The average Bonchev–Trinajstić information content (AvgIpc) is 3.29. The Kier molecular flexibility index (Phi) is 6.04. The summed E-state index contributed by atoms with van der Waals surface area (Å²) in [6, 6.07) is 8.22. The maximum Gasteiger partial charge on any atom is 0.246 e. The predicted molar refractivity (Wildman–Crippen MR) is 112 cm³/mol. The molecule has 0 spiro atoms. The Bertz CT molecular complexity index is 1090. The van der Waals surface area contributed by atoms with E-state index in [1.54, 1.807) is 19.1 Å². The number of benzene rings is 1. The molecule has 1 N–H and O–H groups in total. The topological polar surface area (TPSA) is 105 Å². The third-order valence-corrected chi connectivity index (χ3v) is 6.28. The first-order valence-corrected chi connectivity index (χ1v) is 11.6. The fraction of sp³-hybridized carbons (Fsp3) is 0.316. The molecule has 0 aliphatic carbocycles. The van der Waals surface area contributed by atoms with E-state index < -0.39 is 22.0 Å². The highest BCUT2D eigenvalue weighted by atomic mass is 32.2. The third kappa shape index (κ3) is 5.01. The number of nitrogens with one attached hydrogen (secondary N) is 1. The van der Waals surface area contributed by atoms with E-state index in [-0.39, 0.29) is 12.4 Å². The van der Waals surface area contributed by atoms with Crippen molar-refractivity contribution in [2.45, 2.75) is 33.4 Å². The summed E-state index contributed by atoms with van der Waals surface area (Å²) in [5, 5.41) is 8.46. The largest absolute Gasteiger partial charge is 0.345 e. The summed E-state index contributed by atoms with van der Waals surface area (Å²) in [7, 11) is -3.68. The summed E-state index contributed by atoms with van der Waals surface area (Å²) in [5.41, 5.74) is 2.27. The number of nitrogens with zero attached hydrogens (tertiary/aromatic N) is 3. The van der Waals surface area contributed by atoms with Gasteiger partial charge in [0.15, 0.2) is 0 Å². The molecule has 0 bridgehead atoms. The van der Waals surface area contributed by atoms with Crippen molar-refractivity contribution < 1.29 is 17.7 Å². The first-order chi connectivity index (χ1) is 13.6. The third-order valence-electron chi connectivity index (χ3n) is 4.17. The van der Waals surface area contributed by atoms with E-state index in [2.05, 4.69) is 15.5 Å². The minimum atomic E-state index is -3.68. The van der Waals surface area contributed by atoms with Crippen LogP contribution in [0.5, 0.6) is 0 Å². The number of thiophene rings is 1. The van der Waals surface area contributed by atoms with Crippen LogP contribution in [0.4, 0.5) is 5.69 Å². The van der Waals surface area contributed by atoms with Crippen molar-refractivity contribution in [2.24, 2.45) is 0 Å². The van der Waals surface area contributed by atoms with Crippen LogP contribution < -0.4 is 9.62 Å². The van der Waals surface area contributed by atoms with Gasteiger partial charge in [0.05, 0.1) is 23.4 Å². The summed E-state index contributed by atoms with van der Waals surface area (Å²) in [4.78, 5) is 17.8. The van der Waals surface area contributed by atoms with E-state index >= 15 is 0 Å². The van der Waals surface area contributed by atoms with E-state index in [0.717, 1.165) is 26.6 Å². The number of carbonyl (C=O) groups excluding carboxylic acids is 1. The predicted octanol–water partition coefficient (Wildman–Crippen LogP) is 2.89. The van der Waals surface area contributed by atoms with Crippen LogP contribution in [0.15, 0.2) is 40.2 Å². The molecule has 8 nitrogen and oxygen atoms in total. The molecule has 0 radical (unpaired) electrons. The van der Waals surface area contributed by atoms with Crippen molar-refractivity contribution in [3.05, 3.63) is 52.7 Å². The molecule has 3 aromatic rings. The van der Waals surface area contributed by atoms with Crippen LogP contribution in [0.3, 0.4) is 0 Å². The van der Waals surface area contributed by atoms with E-state index in [1.807, 2.05) is 37.4 Å². The van der Waals surface area contributed by atoms with Gasteiger partial charge in [-0.15, -0.1) is 11.3 Å². The number of anilines is 1. The smallest absolute Gasteiger partial charge is 0.246 e. The molecular formula is C19H22N4O4S2. The van der Waals surface area contributed by atoms with E-state index in [9.17, 15) is 13.2 Å². The Balaban J connectivity index is 1.74. The van der Waals surface area contributed by atoms with Crippen LogP contribution in [-0.4, -0.2) is 36.8 Å². The Labute approximate surface area is 173 Å². The molecule has 10 heteroatoms. The number of rotatable bonds is 7. The maximum atomic E-state index is 12.7. The van der Waals surface area contributed by atoms with Gasteiger partial charge >= 0.3 is 0 Å². The highest BCUT2D eigenvalue weighted by Gasteiger charge is 2.29. The highest BCUT2D eigenvalue weighted by Crippen LogP contribution is 2.24. The van der Waals surface area contributed by atoms with Gasteiger partial charge in [-0.1, -0.05) is 17.3 Å². The molecule has 0 aliphatic heterocycles. The van der Waals surface area contributed by atoms with Gasteiger partial charge in [-0.3, -0.25) is 9.10 Å². The Hall–Kier alpha value is -2.72. The highest BCUT2D eigenvalue weighted by molar-refractivity contribution is 7.92. The van der Waals surface area contributed by atoms with Crippen LogP contribution in [0.25, 0.3) is 10.7 Å². The van der Waals surface area contributed by atoms with Crippen molar-refractivity contribution in [1.29, 1.82) is 0 Å². The number of aryl methyl sites for hydroxylation is 2. The SMILES string of the molecule is Cc1cc(C)cc(N(C(C)C(=O)NCc2nc(-c3cccs3)no2)S(C)(=O)=O)c1. The zero-order valence-corrected chi connectivity index (χ0v) is 18.2. The molecule has 1 aromatic carbocycles. The van der Waals surface area contributed by atoms with Gasteiger partial charge in [0, 0.05) is 0 Å². The second-order valence-corrected chi connectivity index (χ2v) is 9.59. The number of carbonyl (C=O) groups is 1. The zero-order valence-electron chi connectivity index (χ0n) is 16.5. The minimum Gasteiger partial charge on any atom is -0.345 e. The number of hydrogen-bond acceptors (Lipinski definition) is 7. The number of amides is 1. The van der Waals surface area contributed by atoms with Crippen LogP contribution in [0.1, 0.15) is 23.9 Å². The molecule has 0 saturated heterocycles. The van der Waals surface area contributed by atoms with Crippen LogP contribution in [-0.2, 0) is 21.4 Å². The van der Waals surface area contributed by atoms with Crippen molar-refractivity contribution >= 4 is 33.0 Å². The van der Waals surface area contributed by atoms with E-state index in [4.69, 9.17) is 4.52 Å². The molecule has 1 amide bonds. The summed E-state index contributed by atoms with van der Waals surface area (Å²) < 4.78 is 31.1. The quantitative estimate of drug-likeness (QED) is 0.613. The molecule has 1 unspecified atom stereocenters. The molecule has 0 aliphatic rings. The summed E-state index contributed by atoms with van der Waals surface area (Å²) in [5.74, 6) is 0.224. The fourth-order valence-corrected chi connectivity index (χ4v) is 4.84. The minimum absolute atomic E-state index is 0.00595. The summed E-state index contributed by atoms with van der Waals surface area (Å²) in [6.45, 7) is 5.30. The lowest BCUT2D eigenvalue weighted by molar-refractivity contribution is -0.122. The molecule has 2 aromatic heterocycles. The molecule has 154 valence electrons. The normalized spacial score (nSPS) is 12.6. The first-order valence-electron chi connectivity index (χ1n) is 8.87. The van der Waals surface area contributed by atoms with Crippen molar-refractivity contribution in [3.8, 4) is 10.7 Å². The zero-order chi connectivity index (χ0) is 21.2. The van der Waals surface area contributed by atoms with Gasteiger partial charge in [0.2, 0.25) is 27.6 Å². The number of hydrogen-bond donors (Lipinski definition) is 1. The average molecular weight is 435 g/mol. The molecule has 0 saturated carbocycles. The maximum absolute atomic E-state index is 12.7. The Morgan fingerprint density at radius 3 is 2.55 bits per heavy atom. The number of aromatic nitrogens is 2. The van der Waals surface area contributed by atoms with Crippen LogP contribution in [0.2, 0.25) is 0 Å². The van der Waals surface area contributed by atoms with Gasteiger partial charge in [0.25, 0.3) is 0 Å². The van der Waals surface area contributed by atoms with E-state index in [1.165, 1.54) is 11.3 Å². The summed E-state index contributed by atoms with van der Waals surface area (Å²) >= 11 is 1.48. The van der Waals surface area contributed by atoms with Crippen molar-refractivity contribution in [3.63, 3.8) is 0 Å². The van der Waals surface area contributed by atoms with E-state index in [0.29, 0.717) is 11.5 Å².